The Kier molecular flexibility index (Phi) is 5.74. The molecule has 0 aliphatic carbocycles. The predicted octanol–water partition coefficient (Wildman–Crippen LogP) is 2.69. The number of hydrogen-bond acceptors (Lipinski definition) is 5. The number of nitrogens with zero attached hydrogens (tertiary/aromatic N) is 1. The van der Waals surface area contributed by atoms with Crippen molar-refractivity contribution in [1.29, 1.82) is 0 Å². The molecule has 6 nitrogen and oxygen atoms in total. The van der Waals surface area contributed by atoms with Gasteiger partial charge in [0.25, 0.3) is 0 Å². The van der Waals surface area contributed by atoms with Crippen LogP contribution in [-0.4, -0.2) is 28.8 Å². The number of thiazole rings is 1. The molecule has 1 heterocycles. The normalized spacial score (nSPS) is 11.9. The molecule has 1 aromatic carbocycles. The van der Waals surface area contributed by atoms with Gasteiger partial charge in [0.2, 0.25) is 0 Å². The van der Waals surface area contributed by atoms with Crippen molar-refractivity contribution in [2.75, 3.05) is 6.54 Å². The van der Waals surface area contributed by atoms with Crippen molar-refractivity contribution < 1.29 is 14.6 Å². The van der Waals surface area contributed by atoms with Crippen molar-refractivity contribution in [3.63, 3.8) is 0 Å². The van der Waals surface area contributed by atoms with Crippen LogP contribution in [0.2, 0.25) is 0 Å². The highest BCUT2D eigenvalue weighted by atomic mass is 32.1. The van der Waals surface area contributed by atoms with Gasteiger partial charge in [0.1, 0.15) is 10.8 Å². The minimum absolute atomic E-state index is 0.0874. The second-order valence-corrected chi connectivity index (χ2v) is 5.94. The molecule has 0 saturated carbocycles. The first-order valence-corrected chi connectivity index (χ1v) is 7.79. The Labute approximate surface area is 132 Å². The van der Waals surface area contributed by atoms with Crippen LogP contribution < -0.4 is 15.8 Å². The van der Waals surface area contributed by atoms with Crippen molar-refractivity contribution in [2.45, 2.75) is 26.0 Å². The molecule has 1 atom stereocenters. The van der Waals surface area contributed by atoms with E-state index in [1.54, 1.807) is 6.20 Å². The first-order valence-electron chi connectivity index (χ1n) is 6.97. The zero-order valence-corrected chi connectivity index (χ0v) is 13.1. The minimum Gasteiger partial charge on any atom is -0.491 e. The molecule has 4 N–H and O–H groups in total. The first kappa shape index (κ1) is 16.3. The lowest BCUT2D eigenvalue weighted by molar-refractivity contribution is 0.194. The first-order chi connectivity index (χ1) is 10.6. The summed E-state index contributed by atoms with van der Waals surface area (Å²) < 4.78 is 5.74. The molecule has 0 radical (unpaired) electrons. The van der Waals surface area contributed by atoms with E-state index in [2.05, 4.69) is 10.3 Å². The van der Waals surface area contributed by atoms with Crippen LogP contribution in [0.25, 0.3) is 10.6 Å². The van der Waals surface area contributed by atoms with Crippen LogP contribution in [0.1, 0.15) is 18.2 Å². The van der Waals surface area contributed by atoms with Crippen LogP contribution in [0.3, 0.4) is 0 Å². The van der Waals surface area contributed by atoms with E-state index in [-0.39, 0.29) is 12.6 Å². The van der Waals surface area contributed by atoms with E-state index in [4.69, 9.17) is 15.6 Å². The summed E-state index contributed by atoms with van der Waals surface area (Å²) in [4.78, 5) is 15.7. The van der Waals surface area contributed by atoms with E-state index >= 15 is 0 Å². The molecule has 7 heteroatoms. The Morgan fingerprint density at radius 3 is 2.82 bits per heavy atom. The topological polar surface area (TPSA) is 97.5 Å². The summed E-state index contributed by atoms with van der Waals surface area (Å²) in [5, 5.41) is 11.8. The van der Waals surface area contributed by atoms with E-state index in [1.807, 2.05) is 31.2 Å². The number of carboxylic acid groups (broad SMARTS) is 1. The van der Waals surface area contributed by atoms with Crippen LogP contribution in [0.4, 0.5) is 4.79 Å². The van der Waals surface area contributed by atoms with Gasteiger partial charge in [0.05, 0.1) is 12.6 Å². The lowest BCUT2D eigenvalue weighted by Gasteiger charge is -2.13. The van der Waals surface area contributed by atoms with E-state index in [9.17, 15) is 4.79 Å². The van der Waals surface area contributed by atoms with Gasteiger partial charge >= 0.3 is 6.09 Å². The number of amides is 1. The van der Waals surface area contributed by atoms with Gasteiger partial charge in [-0.3, -0.25) is 0 Å². The Morgan fingerprint density at radius 1 is 1.45 bits per heavy atom. The molecule has 1 aromatic heterocycles. The summed E-state index contributed by atoms with van der Waals surface area (Å²) in [6, 6.07) is 7.69. The van der Waals surface area contributed by atoms with E-state index < -0.39 is 6.09 Å². The van der Waals surface area contributed by atoms with Crippen LogP contribution in [0.5, 0.6) is 5.75 Å². The minimum atomic E-state index is -1.04. The summed E-state index contributed by atoms with van der Waals surface area (Å²) in [7, 11) is 0. The molecule has 0 aliphatic rings. The predicted molar refractivity (Wildman–Crippen MR) is 86.2 cm³/mol. The lowest BCUT2D eigenvalue weighted by atomic mass is 10.2. The summed E-state index contributed by atoms with van der Waals surface area (Å²) >= 11 is 1.46. The van der Waals surface area contributed by atoms with Gasteiger partial charge in [-0.15, -0.1) is 11.3 Å². The molecule has 0 spiro atoms. The van der Waals surface area contributed by atoms with Crippen LogP contribution in [-0.2, 0) is 6.54 Å². The highest BCUT2D eigenvalue weighted by Crippen LogP contribution is 2.27. The number of carbonyl (C=O) groups is 1. The highest BCUT2D eigenvalue weighted by Gasteiger charge is 2.07. The molecule has 22 heavy (non-hydrogen) atoms. The fourth-order valence-corrected chi connectivity index (χ4v) is 2.74. The summed E-state index contributed by atoms with van der Waals surface area (Å²) in [6.07, 6.45) is 1.55. The van der Waals surface area contributed by atoms with Gasteiger partial charge in [0.15, 0.2) is 0 Å². The van der Waals surface area contributed by atoms with Crippen molar-refractivity contribution in [2.24, 2.45) is 5.73 Å². The summed E-state index contributed by atoms with van der Waals surface area (Å²) in [6.45, 7) is 2.86. The number of rotatable bonds is 7. The SMILES string of the molecule is CC(CCN)Oc1ccc(-c2ncc(CNC(=O)O)s2)cc1. The fourth-order valence-electron chi connectivity index (χ4n) is 1.89. The number of ether oxygens (including phenoxy) is 1. The highest BCUT2D eigenvalue weighted by molar-refractivity contribution is 7.15. The van der Waals surface area contributed by atoms with Gasteiger partial charge in [-0.2, -0.15) is 0 Å². The maximum absolute atomic E-state index is 10.5. The zero-order chi connectivity index (χ0) is 15.9. The Hall–Kier alpha value is -2.12. The zero-order valence-electron chi connectivity index (χ0n) is 12.3. The number of hydrogen-bond donors (Lipinski definition) is 3. The largest absolute Gasteiger partial charge is 0.491 e. The average Bonchev–Trinajstić information content (AvgIpc) is 2.95. The van der Waals surface area contributed by atoms with Crippen molar-refractivity contribution in [3.8, 4) is 16.3 Å². The standard InChI is InChI=1S/C15H19N3O3S/c1-10(6-7-16)21-12-4-2-11(3-5-12)14-17-8-13(22-14)9-18-15(19)20/h2-5,8,10,18H,6-7,9,16H2,1H3,(H,19,20). The number of benzene rings is 1. The van der Waals surface area contributed by atoms with Crippen molar-refractivity contribution in [3.05, 3.63) is 35.3 Å². The summed E-state index contributed by atoms with van der Waals surface area (Å²) in [5.41, 5.74) is 6.48. The molecule has 2 rings (SSSR count). The molecule has 0 aliphatic heterocycles. The maximum atomic E-state index is 10.5. The molecular formula is C15H19N3O3S. The molecule has 1 amide bonds. The summed E-state index contributed by atoms with van der Waals surface area (Å²) in [5.74, 6) is 0.800. The second kappa shape index (κ2) is 7.77. The monoisotopic (exact) mass is 321 g/mol. The van der Waals surface area contributed by atoms with Crippen molar-refractivity contribution >= 4 is 17.4 Å². The maximum Gasteiger partial charge on any atom is 0.404 e. The molecule has 1 unspecified atom stereocenters. The number of nitrogens with one attached hydrogen (secondary N) is 1. The van der Waals surface area contributed by atoms with Crippen LogP contribution >= 0.6 is 11.3 Å². The second-order valence-electron chi connectivity index (χ2n) is 4.82. The molecule has 118 valence electrons. The fraction of sp³-hybridized carbons (Fsp3) is 0.333. The number of nitrogens with two attached hydrogens (primary N) is 1. The Morgan fingerprint density at radius 2 is 2.18 bits per heavy atom. The lowest BCUT2D eigenvalue weighted by Crippen LogP contribution is -2.19. The Balaban J connectivity index is 1.99. The van der Waals surface area contributed by atoms with Gasteiger partial charge in [-0.05, 0) is 44.2 Å². The quantitative estimate of drug-likeness (QED) is 0.728. The Bertz CT molecular complexity index is 613. The van der Waals surface area contributed by atoms with Gasteiger partial charge in [-0.25, -0.2) is 9.78 Å². The smallest absolute Gasteiger partial charge is 0.404 e. The third-order valence-electron chi connectivity index (χ3n) is 2.98. The average molecular weight is 321 g/mol. The van der Waals surface area contributed by atoms with Crippen LogP contribution in [0, 0.1) is 0 Å². The third-order valence-corrected chi connectivity index (χ3v) is 4.03. The third kappa shape index (κ3) is 4.71. The van der Waals surface area contributed by atoms with E-state index in [0.717, 1.165) is 27.6 Å². The number of aromatic nitrogens is 1. The van der Waals surface area contributed by atoms with Crippen molar-refractivity contribution in [1.82, 2.24) is 10.3 Å². The van der Waals surface area contributed by atoms with E-state index in [0.29, 0.717) is 6.54 Å². The van der Waals surface area contributed by atoms with Gasteiger partial charge in [0, 0.05) is 16.6 Å². The van der Waals surface area contributed by atoms with Crippen LogP contribution in [0.15, 0.2) is 30.5 Å². The molecular weight excluding hydrogens is 302 g/mol. The van der Waals surface area contributed by atoms with Gasteiger partial charge < -0.3 is 20.9 Å². The molecule has 0 fully saturated rings. The molecule has 0 saturated heterocycles. The van der Waals surface area contributed by atoms with Gasteiger partial charge in [-0.1, -0.05) is 0 Å². The molecule has 2 aromatic rings. The van der Waals surface area contributed by atoms with E-state index in [1.165, 1.54) is 11.3 Å². The molecule has 0 bridgehead atoms.